The van der Waals surface area contributed by atoms with Crippen LogP contribution in [0.15, 0.2) is 23.1 Å². The molecule has 0 spiro atoms. The molecule has 2 rings (SSSR count). The maximum atomic E-state index is 13.3. The minimum Gasteiger partial charge on any atom is -0.376 e. The molecule has 1 N–H and O–H groups in total. The van der Waals surface area contributed by atoms with Crippen LogP contribution in [0.3, 0.4) is 0 Å². The van der Waals surface area contributed by atoms with Crippen molar-refractivity contribution in [3.8, 4) is 0 Å². The summed E-state index contributed by atoms with van der Waals surface area (Å²) in [5, 5.41) is 3.21. The van der Waals surface area contributed by atoms with Crippen molar-refractivity contribution < 1.29 is 4.39 Å². The molecule has 1 heterocycles. The number of rotatable bonds is 0. The van der Waals surface area contributed by atoms with E-state index in [1.165, 1.54) is 6.07 Å². The Morgan fingerprint density at radius 2 is 2.23 bits per heavy atom. The molecule has 0 bridgehead atoms. The molecule has 0 amide bonds. The summed E-state index contributed by atoms with van der Waals surface area (Å²) < 4.78 is 13.3. The average molecular weight is 197 g/mol. The van der Waals surface area contributed by atoms with Crippen molar-refractivity contribution in [2.45, 2.75) is 24.3 Å². The molecule has 1 aliphatic rings. The van der Waals surface area contributed by atoms with E-state index in [-0.39, 0.29) is 11.4 Å². The predicted molar refractivity (Wildman–Crippen MR) is 54.8 cm³/mol. The molecular formula is C10H12FNS. The average Bonchev–Trinajstić information content (AvgIpc) is 2.06. The van der Waals surface area contributed by atoms with Crippen LogP contribution in [0.2, 0.25) is 0 Å². The Kier molecular flexibility index (Phi) is 1.99. The summed E-state index contributed by atoms with van der Waals surface area (Å²) in [4.78, 5) is 1.01. The van der Waals surface area contributed by atoms with E-state index < -0.39 is 0 Å². The van der Waals surface area contributed by atoms with Gasteiger partial charge in [-0.2, -0.15) is 0 Å². The normalized spacial score (nSPS) is 19.0. The van der Waals surface area contributed by atoms with E-state index in [1.807, 2.05) is 6.07 Å². The lowest BCUT2D eigenvalue weighted by atomic mass is 10.1. The molecular weight excluding hydrogens is 185 g/mol. The molecule has 0 aliphatic carbocycles. The van der Waals surface area contributed by atoms with E-state index in [2.05, 4.69) is 19.2 Å². The van der Waals surface area contributed by atoms with E-state index in [1.54, 1.807) is 17.8 Å². The minimum atomic E-state index is -0.155. The molecule has 13 heavy (non-hydrogen) atoms. The van der Waals surface area contributed by atoms with Gasteiger partial charge in [0.2, 0.25) is 0 Å². The van der Waals surface area contributed by atoms with Crippen LogP contribution in [0.1, 0.15) is 13.8 Å². The molecule has 0 saturated heterocycles. The number of thioether (sulfide) groups is 1. The number of fused-ring (bicyclic) bond motifs is 1. The lowest BCUT2D eigenvalue weighted by Crippen LogP contribution is -2.36. The molecule has 3 heteroatoms. The van der Waals surface area contributed by atoms with Crippen molar-refractivity contribution in [2.75, 3.05) is 11.1 Å². The third kappa shape index (κ3) is 1.66. The molecule has 1 aliphatic heterocycles. The molecule has 0 atom stereocenters. The van der Waals surface area contributed by atoms with Crippen LogP contribution in [-0.4, -0.2) is 11.3 Å². The Bertz CT molecular complexity index is 336. The smallest absolute Gasteiger partial charge is 0.147 e. The number of para-hydroxylation sites is 1. The van der Waals surface area contributed by atoms with Gasteiger partial charge in [-0.3, -0.25) is 0 Å². The highest BCUT2D eigenvalue weighted by atomic mass is 32.2. The van der Waals surface area contributed by atoms with Gasteiger partial charge in [-0.1, -0.05) is 6.07 Å². The second-order valence-corrected chi connectivity index (χ2v) is 4.93. The van der Waals surface area contributed by atoms with Crippen molar-refractivity contribution >= 4 is 17.4 Å². The second-order valence-electron chi connectivity index (χ2n) is 3.91. The topological polar surface area (TPSA) is 12.0 Å². The number of benzene rings is 1. The van der Waals surface area contributed by atoms with Gasteiger partial charge in [0.25, 0.3) is 0 Å². The summed E-state index contributed by atoms with van der Waals surface area (Å²) in [5.41, 5.74) is 0.642. The van der Waals surface area contributed by atoms with Crippen molar-refractivity contribution in [3.05, 3.63) is 24.0 Å². The van der Waals surface area contributed by atoms with E-state index in [4.69, 9.17) is 0 Å². The maximum absolute atomic E-state index is 13.3. The monoisotopic (exact) mass is 197 g/mol. The summed E-state index contributed by atoms with van der Waals surface area (Å²) in [5.74, 6) is 0.821. The number of hydrogen-bond acceptors (Lipinski definition) is 2. The molecule has 0 radical (unpaired) electrons. The quantitative estimate of drug-likeness (QED) is 0.685. The summed E-state index contributed by atoms with van der Waals surface area (Å²) in [7, 11) is 0. The number of nitrogens with one attached hydrogen (secondary N) is 1. The Balaban J connectivity index is 2.44. The first-order valence-electron chi connectivity index (χ1n) is 4.28. The third-order valence-electron chi connectivity index (χ3n) is 2.03. The summed E-state index contributed by atoms with van der Waals surface area (Å²) >= 11 is 1.71. The van der Waals surface area contributed by atoms with Gasteiger partial charge < -0.3 is 5.32 Å². The fraction of sp³-hybridized carbons (Fsp3) is 0.400. The fourth-order valence-electron chi connectivity index (χ4n) is 1.38. The number of hydrogen-bond donors (Lipinski definition) is 1. The first-order valence-corrected chi connectivity index (χ1v) is 5.26. The van der Waals surface area contributed by atoms with Gasteiger partial charge in [0.1, 0.15) is 5.82 Å². The third-order valence-corrected chi connectivity index (χ3v) is 3.54. The lowest BCUT2D eigenvalue weighted by molar-refractivity contribution is 0.593. The molecule has 1 aromatic rings. The zero-order valence-corrected chi connectivity index (χ0v) is 8.54. The number of halogens is 1. The minimum absolute atomic E-state index is 0.0140. The van der Waals surface area contributed by atoms with E-state index in [0.29, 0.717) is 5.69 Å². The van der Waals surface area contributed by atoms with Gasteiger partial charge in [-0.25, -0.2) is 4.39 Å². The van der Waals surface area contributed by atoms with Crippen LogP contribution < -0.4 is 5.32 Å². The summed E-state index contributed by atoms with van der Waals surface area (Å²) in [6.45, 7) is 4.16. The van der Waals surface area contributed by atoms with Crippen LogP contribution >= 0.6 is 11.8 Å². The van der Waals surface area contributed by atoms with Crippen LogP contribution in [0.4, 0.5) is 10.1 Å². The van der Waals surface area contributed by atoms with Crippen LogP contribution in [0.5, 0.6) is 0 Å². The summed E-state index contributed by atoms with van der Waals surface area (Å²) in [6, 6.07) is 5.19. The van der Waals surface area contributed by atoms with E-state index in [0.717, 1.165) is 10.6 Å². The highest BCUT2D eigenvalue weighted by Crippen LogP contribution is 2.38. The van der Waals surface area contributed by atoms with Gasteiger partial charge in [0.15, 0.2) is 0 Å². The van der Waals surface area contributed by atoms with Gasteiger partial charge in [0.05, 0.1) is 5.69 Å². The Morgan fingerprint density at radius 3 is 3.00 bits per heavy atom. The molecule has 0 unspecified atom stereocenters. The Labute approximate surface area is 81.7 Å². The van der Waals surface area contributed by atoms with Crippen LogP contribution in [-0.2, 0) is 0 Å². The highest BCUT2D eigenvalue weighted by molar-refractivity contribution is 7.99. The van der Waals surface area contributed by atoms with Crippen LogP contribution in [0, 0.1) is 5.82 Å². The van der Waals surface area contributed by atoms with E-state index >= 15 is 0 Å². The predicted octanol–water partition coefficient (Wildman–Crippen LogP) is 3.12. The zero-order chi connectivity index (χ0) is 9.47. The molecule has 1 aromatic carbocycles. The molecule has 0 fully saturated rings. The standard InChI is InChI=1S/C10H12FNS/c1-10(2)6-13-8-5-3-4-7(11)9(8)12-10/h3-5,12H,6H2,1-2H3. The molecule has 1 nitrogen and oxygen atoms in total. The maximum Gasteiger partial charge on any atom is 0.147 e. The Hall–Kier alpha value is -0.700. The first-order chi connectivity index (χ1) is 6.08. The van der Waals surface area contributed by atoms with Gasteiger partial charge in [-0.15, -0.1) is 11.8 Å². The second kappa shape index (κ2) is 2.91. The van der Waals surface area contributed by atoms with Crippen molar-refractivity contribution in [3.63, 3.8) is 0 Å². The highest BCUT2D eigenvalue weighted by Gasteiger charge is 2.26. The SMILES string of the molecule is CC1(C)CSc2cccc(F)c2N1. The van der Waals surface area contributed by atoms with Gasteiger partial charge in [-0.05, 0) is 26.0 Å². The van der Waals surface area contributed by atoms with Crippen molar-refractivity contribution in [1.29, 1.82) is 0 Å². The number of anilines is 1. The zero-order valence-electron chi connectivity index (χ0n) is 7.73. The van der Waals surface area contributed by atoms with E-state index in [9.17, 15) is 4.39 Å². The molecule has 0 aromatic heterocycles. The van der Waals surface area contributed by atoms with Gasteiger partial charge >= 0.3 is 0 Å². The summed E-state index contributed by atoms with van der Waals surface area (Å²) in [6.07, 6.45) is 0. The lowest BCUT2D eigenvalue weighted by Gasteiger charge is -2.33. The molecule has 70 valence electrons. The fourth-order valence-corrected chi connectivity index (χ4v) is 2.43. The Morgan fingerprint density at radius 1 is 1.46 bits per heavy atom. The molecule has 0 saturated carbocycles. The van der Waals surface area contributed by atoms with Crippen LogP contribution in [0.25, 0.3) is 0 Å². The van der Waals surface area contributed by atoms with Crippen molar-refractivity contribution in [1.82, 2.24) is 0 Å². The van der Waals surface area contributed by atoms with Crippen molar-refractivity contribution in [2.24, 2.45) is 0 Å². The van der Waals surface area contributed by atoms with Gasteiger partial charge in [0, 0.05) is 16.2 Å². The first kappa shape index (κ1) is 8.88. The largest absolute Gasteiger partial charge is 0.376 e.